The van der Waals surface area contributed by atoms with Crippen LogP contribution in [0.2, 0.25) is 0 Å². The van der Waals surface area contributed by atoms with E-state index in [-0.39, 0.29) is 0 Å². The number of pyridine rings is 1. The van der Waals surface area contributed by atoms with Crippen molar-refractivity contribution >= 4 is 21.8 Å². The van der Waals surface area contributed by atoms with Crippen molar-refractivity contribution in [2.75, 3.05) is 0 Å². The van der Waals surface area contributed by atoms with Gasteiger partial charge in [-0.2, -0.15) is 0 Å². The van der Waals surface area contributed by atoms with Crippen LogP contribution in [0.3, 0.4) is 0 Å². The first-order valence-electron chi connectivity index (χ1n) is 15.2. The summed E-state index contributed by atoms with van der Waals surface area (Å²) < 4.78 is 2.50. The molecule has 10 rings (SSSR count). The second kappa shape index (κ2) is 8.65. The van der Waals surface area contributed by atoms with Crippen LogP contribution in [0, 0.1) is 0 Å². The molecule has 1 aliphatic heterocycles. The van der Waals surface area contributed by atoms with Gasteiger partial charge in [-0.1, -0.05) is 121 Å². The minimum atomic E-state index is -0.431. The Morgan fingerprint density at radius 3 is 1.93 bits per heavy atom. The molecular formula is C42H26N2. The van der Waals surface area contributed by atoms with E-state index in [4.69, 9.17) is 0 Å². The number of hydrogen-bond acceptors (Lipinski definition) is 1. The fourth-order valence-electron chi connectivity index (χ4n) is 8.24. The van der Waals surface area contributed by atoms with E-state index < -0.39 is 5.41 Å². The maximum Gasteiger partial charge on any atom is 0.0754 e. The fourth-order valence-corrected chi connectivity index (χ4v) is 8.24. The summed E-state index contributed by atoms with van der Waals surface area (Å²) in [5.74, 6) is 0. The van der Waals surface area contributed by atoms with Crippen LogP contribution in [0.5, 0.6) is 0 Å². The number of fused-ring (bicyclic) bond motifs is 12. The van der Waals surface area contributed by atoms with Gasteiger partial charge in [-0.3, -0.25) is 4.98 Å². The molecule has 6 aromatic carbocycles. The molecule has 3 heterocycles. The van der Waals surface area contributed by atoms with Crippen molar-refractivity contribution in [1.82, 2.24) is 9.55 Å². The Morgan fingerprint density at radius 2 is 1.05 bits per heavy atom. The molecule has 1 spiro atoms. The molecule has 0 N–H and O–H groups in total. The summed E-state index contributed by atoms with van der Waals surface area (Å²) in [6.07, 6.45) is 3.71. The van der Waals surface area contributed by atoms with Crippen molar-refractivity contribution in [2.45, 2.75) is 5.41 Å². The highest BCUT2D eigenvalue weighted by Crippen LogP contribution is 2.62. The van der Waals surface area contributed by atoms with E-state index in [0.717, 1.165) is 0 Å². The quantitative estimate of drug-likeness (QED) is 0.206. The number of nitrogens with zero attached hydrogens (tertiary/aromatic N) is 2. The largest absolute Gasteiger partial charge is 0.309 e. The molecule has 0 bridgehead atoms. The zero-order valence-electron chi connectivity index (χ0n) is 23.9. The zero-order chi connectivity index (χ0) is 28.8. The van der Waals surface area contributed by atoms with E-state index in [1.54, 1.807) is 0 Å². The SMILES string of the molecule is c1ccc2c(c1)-c1c(-c3ccc(-c4ccncc4)cc3)cccc1C21c2ccccc2-n2c3ccccc3c3cccc1c32. The van der Waals surface area contributed by atoms with Crippen LogP contribution in [0.15, 0.2) is 158 Å². The molecule has 0 saturated carbocycles. The standard InChI is InChI=1S/C42H26N2/c1-3-13-34-33(10-1)40-30(29-21-19-27(20-22-29)28-23-25-43-26-24-28)11-7-15-36(40)42(34)35-14-4-6-18-39(35)44-38-17-5-2-9-31(38)32-12-8-16-37(42)41(32)44/h1-26H. The molecule has 8 aromatic rings. The normalized spacial score (nSPS) is 15.8. The van der Waals surface area contributed by atoms with Crippen molar-refractivity contribution in [3.05, 3.63) is 180 Å². The van der Waals surface area contributed by atoms with E-state index in [1.165, 1.54) is 83.1 Å². The number of rotatable bonds is 2. The Labute approximate surface area is 255 Å². The molecule has 0 amide bonds. The summed E-state index contributed by atoms with van der Waals surface area (Å²) >= 11 is 0. The zero-order valence-corrected chi connectivity index (χ0v) is 23.9. The second-order valence-electron chi connectivity index (χ2n) is 11.9. The van der Waals surface area contributed by atoms with Crippen LogP contribution >= 0.6 is 0 Å². The van der Waals surface area contributed by atoms with Gasteiger partial charge in [0.2, 0.25) is 0 Å². The summed E-state index contributed by atoms with van der Waals surface area (Å²) in [5, 5.41) is 2.60. The first kappa shape index (κ1) is 23.8. The summed E-state index contributed by atoms with van der Waals surface area (Å²) in [6.45, 7) is 0. The number of para-hydroxylation sites is 3. The van der Waals surface area contributed by atoms with Crippen LogP contribution in [0.4, 0.5) is 0 Å². The van der Waals surface area contributed by atoms with Gasteiger partial charge in [0.05, 0.1) is 22.1 Å². The number of aromatic nitrogens is 2. The van der Waals surface area contributed by atoms with Gasteiger partial charge >= 0.3 is 0 Å². The monoisotopic (exact) mass is 558 g/mol. The highest BCUT2D eigenvalue weighted by atomic mass is 15.0. The Morgan fingerprint density at radius 1 is 0.432 bits per heavy atom. The molecule has 2 aromatic heterocycles. The van der Waals surface area contributed by atoms with E-state index in [0.29, 0.717) is 0 Å². The molecule has 204 valence electrons. The van der Waals surface area contributed by atoms with Crippen LogP contribution in [0.25, 0.3) is 60.9 Å². The van der Waals surface area contributed by atoms with E-state index in [9.17, 15) is 0 Å². The lowest BCUT2D eigenvalue weighted by molar-refractivity contribution is 0.748. The summed E-state index contributed by atoms with van der Waals surface area (Å²) in [4.78, 5) is 4.19. The third-order valence-electron chi connectivity index (χ3n) is 9.93. The minimum Gasteiger partial charge on any atom is -0.309 e. The second-order valence-corrected chi connectivity index (χ2v) is 11.9. The van der Waals surface area contributed by atoms with Gasteiger partial charge in [-0.15, -0.1) is 0 Å². The van der Waals surface area contributed by atoms with E-state index in [1.807, 2.05) is 12.4 Å². The Hall–Kier alpha value is -5.73. The van der Waals surface area contributed by atoms with Gasteiger partial charge in [-0.05, 0) is 79.9 Å². The van der Waals surface area contributed by atoms with Crippen molar-refractivity contribution in [1.29, 1.82) is 0 Å². The first-order valence-corrected chi connectivity index (χ1v) is 15.2. The van der Waals surface area contributed by atoms with E-state index >= 15 is 0 Å². The Kier molecular flexibility index (Phi) is 4.68. The molecular weight excluding hydrogens is 532 g/mol. The lowest BCUT2D eigenvalue weighted by Gasteiger charge is -2.39. The molecule has 0 fully saturated rings. The van der Waals surface area contributed by atoms with Gasteiger partial charge in [-0.25, -0.2) is 0 Å². The third-order valence-corrected chi connectivity index (χ3v) is 9.93. The summed E-state index contributed by atoms with van der Waals surface area (Å²) in [5.41, 5.74) is 16.3. The van der Waals surface area contributed by atoms with E-state index in [2.05, 4.69) is 155 Å². The molecule has 2 nitrogen and oxygen atoms in total. The molecule has 0 radical (unpaired) electrons. The molecule has 1 aliphatic carbocycles. The lowest BCUT2D eigenvalue weighted by atomic mass is 9.65. The maximum absolute atomic E-state index is 4.19. The molecule has 2 heteroatoms. The van der Waals surface area contributed by atoms with Gasteiger partial charge in [0.1, 0.15) is 0 Å². The summed E-state index contributed by atoms with van der Waals surface area (Å²) in [6, 6.07) is 54.0. The highest BCUT2D eigenvalue weighted by Gasteiger charge is 2.51. The maximum atomic E-state index is 4.19. The van der Waals surface area contributed by atoms with Gasteiger partial charge < -0.3 is 4.57 Å². The average Bonchev–Trinajstić information content (AvgIpc) is 3.60. The molecule has 1 atom stereocenters. The highest BCUT2D eigenvalue weighted by molar-refractivity contribution is 6.13. The van der Waals surface area contributed by atoms with Crippen molar-refractivity contribution in [2.24, 2.45) is 0 Å². The number of hydrogen-bond donors (Lipinski definition) is 0. The number of benzene rings is 6. The van der Waals surface area contributed by atoms with Crippen LogP contribution in [-0.2, 0) is 5.41 Å². The van der Waals surface area contributed by atoms with Crippen molar-refractivity contribution in [3.8, 4) is 39.1 Å². The van der Waals surface area contributed by atoms with Crippen LogP contribution < -0.4 is 0 Å². The van der Waals surface area contributed by atoms with Gasteiger partial charge in [0.25, 0.3) is 0 Å². The lowest BCUT2D eigenvalue weighted by Crippen LogP contribution is -2.33. The van der Waals surface area contributed by atoms with Crippen molar-refractivity contribution in [3.63, 3.8) is 0 Å². The van der Waals surface area contributed by atoms with Gasteiger partial charge in [0.15, 0.2) is 0 Å². The summed E-state index contributed by atoms with van der Waals surface area (Å²) in [7, 11) is 0. The first-order chi connectivity index (χ1) is 21.9. The third kappa shape index (κ3) is 2.88. The minimum absolute atomic E-state index is 0.431. The topological polar surface area (TPSA) is 17.8 Å². The molecule has 44 heavy (non-hydrogen) atoms. The Bertz CT molecular complexity index is 2430. The van der Waals surface area contributed by atoms with Gasteiger partial charge in [0, 0.05) is 23.2 Å². The van der Waals surface area contributed by atoms with Crippen LogP contribution in [-0.4, -0.2) is 9.55 Å². The van der Waals surface area contributed by atoms with Crippen molar-refractivity contribution < 1.29 is 0 Å². The smallest absolute Gasteiger partial charge is 0.0754 e. The Balaban J connectivity index is 1.31. The predicted octanol–water partition coefficient (Wildman–Crippen LogP) is 10.2. The molecule has 0 saturated heterocycles. The average molecular weight is 559 g/mol. The fraction of sp³-hybridized carbons (Fsp3) is 0.0238. The molecule has 1 unspecified atom stereocenters. The van der Waals surface area contributed by atoms with Crippen LogP contribution in [0.1, 0.15) is 22.3 Å². The molecule has 2 aliphatic rings. The predicted molar refractivity (Wildman–Crippen MR) is 180 cm³/mol.